The third-order valence-corrected chi connectivity index (χ3v) is 2.97. The zero-order valence-corrected chi connectivity index (χ0v) is 11.0. The summed E-state index contributed by atoms with van der Waals surface area (Å²) in [4.78, 5) is 0. The van der Waals surface area contributed by atoms with Gasteiger partial charge >= 0.3 is 6.18 Å². The van der Waals surface area contributed by atoms with E-state index in [0.29, 0.717) is 6.07 Å². The second-order valence-corrected chi connectivity index (χ2v) is 4.43. The van der Waals surface area contributed by atoms with Gasteiger partial charge in [0, 0.05) is 6.54 Å². The third-order valence-electron chi connectivity index (χ3n) is 2.97. The van der Waals surface area contributed by atoms with Crippen LogP contribution in [0.25, 0.3) is 0 Å². The molecule has 0 aliphatic heterocycles. The summed E-state index contributed by atoms with van der Waals surface area (Å²) < 4.78 is 65.0. The molecule has 0 bridgehead atoms. The summed E-state index contributed by atoms with van der Waals surface area (Å²) in [6, 6.07) is 7.71. The minimum absolute atomic E-state index is 0.0694. The van der Waals surface area contributed by atoms with Crippen molar-refractivity contribution in [3.63, 3.8) is 0 Å². The van der Waals surface area contributed by atoms with Crippen LogP contribution in [0.3, 0.4) is 0 Å². The Morgan fingerprint density at radius 3 is 2.45 bits per heavy atom. The highest BCUT2D eigenvalue weighted by Gasteiger charge is 2.33. The molecular weight excluding hydrogens is 303 g/mol. The molecule has 2 rings (SSSR count). The quantitative estimate of drug-likeness (QED) is 0.849. The first kappa shape index (κ1) is 15.8. The highest BCUT2D eigenvalue weighted by molar-refractivity contribution is 5.58. The standard InChI is InChI=1S/C15H9F5N2/c16-10-5-4-9(12(6-10)15(18,19)20)8-22-14-3-1-2-13(17)11(14)7-21/h1-6,22H,8H2. The van der Waals surface area contributed by atoms with Crippen LogP contribution in [0.4, 0.5) is 27.6 Å². The van der Waals surface area contributed by atoms with Crippen LogP contribution in [0.15, 0.2) is 36.4 Å². The number of alkyl halides is 3. The SMILES string of the molecule is N#Cc1c(F)cccc1NCc1ccc(F)cc1C(F)(F)F. The molecule has 0 aliphatic carbocycles. The van der Waals surface area contributed by atoms with Gasteiger partial charge in [-0.25, -0.2) is 8.78 Å². The van der Waals surface area contributed by atoms with Crippen LogP contribution in [0.2, 0.25) is 0 Å². The van der Waals surface area contributed by atoms with Crippen molar-refractivity contribution >= 4 is 5.69 Å². The van der Waals surface area contributed by atoms with E-state index in [1.54, 1.807) is 6.07 Å². The molecule has 0 amide bonds. The van der Waals surface area contributed by atoms with Crippen molar-refractivity contribution in [2.24, 2.45) is 0 Å². The van der Waals surface area contributed by atoms with Gasteiger partial charge in [-0.2, -0.15) is 18.4 Å². The Morgan fingerprint density at radius 2 is 1.82 bits per heavy atom. The van der Waals surface area contributed by atoms with Gasteiger partial charge in [-0.05, 0) is 29.8 Å². The first-order valence-electron chi connectivity index (χ1n) is 6.11. The first-order valence-corrected chi connectivity index (χ1v) is 6.11. The molecule has 2 aromatic rings. The van der Waals surface area contributed by atoms with Crippen molar-refractivity contribution in [1.29, 1.82) is 5.26 Å². The van der Waals surface area contributed by atoms with Gasteiger partial charge in [0.05, 0.1) is 11.3 Å². The third kappa shape index (κ3) is 3.34. The summed E-state index contributed by atoms with van der Waals surface area (Å²) in [7, 11) is 0. The number of nitrogens with zero attached hydrogens (tertiary/aromatic N) is 1. The molecule has 0 aromatic heterocycles. The second kappa shape index (κ2) is 6.02. The van der Waals surface area contributed by atoms with Gasteiger partial charge in [0.1, 0.15) is 23.3 Å². The van der Waals surface area contributed by atoms with E-state index in [-0.39, 0.29) is 23.4 Å². The predicted molar refractivity (Wildman–Crippen MR) is 69.8 cm³/mol. The summed E-state index contributed by atoms with van der Waals surface area (Å²) in [6.45, 7) is -0.326. The number of benzene rings is 2. The molecule has 22 heavy (non-hydrogen) atoms. The minimum Gasteiger partial charge on any atom is -0.380 e. The number of rotatable bonds is 3. The van der Waals surface area contributed by atoms with Gasteiger partial charge in [-0.1, -0.05) is 12.1 Å². The molecule has 114 valence electrons. The van der Waals surface area contributed by atoms with Gasteiger partial charge in [0.2, 0.25) is 0 Å². The lowest BCUT2D eigenvalue weighted by molar-refractivity contribution is -0.138. The molecule has 2 nitrogen and oxygen atoms in total. The molecule has 0 atom stereocenters. The van der Waals surface area contributed by atoms with Crippen LogP contribution in [-0.4, -0.2) is 0 Å². The van der Waals surface area contributed by atoms with E-state index < -0.39 is 23.4 Å². The monoisotopic (exact) mass is 312 g/mol. The van der Waals surface area contributed by atoms with E-state index in [2.05, 4.69) is 5.32 Å². The molecule has 0 saturated heterocycles. The number of anilines is 1. The van der Waals surface area contributed by atoms with Crippen LogP contribution < -0.4 is 5.32 Å². The topological polar surface area (TPSA) is 35.8 Å². The maximum atomic E-state index is 13.4. The summed E-state index contributed by atoms with van der Waals surface area (Å²) in [5.41, 5.74) is -1.55. The van der Waals surface area contributed by atoms with Crippen molar-refractivity contribution in [3.8, 4) is 6.07 Å². The smallest absolute Gasteiger partial charge is 0.380 e. The van der Waals surface area contributed by atoms with Crippen LogP contribution in [0, 0.1) is 23.0 Å². The molecule has 0 saturated carbocycles. The average molecular weight is 312 g/mol. The van der Waals surface area contributed by atoms with Crippen molar-refractivity contribution in [2.75, 3.05) is 5.32 Å². The molecule has 0 unspecified atom stereocenters. The molecule has 7 heteroatoms. The van der Waals surface area contributed by atoms with Gasteiger partial charge in [-0.15, -0.1) is 0 Å². The fourth-order valence-corrected chi connectivity index (χ4v) is 1.94. The van der Waals surface area contributed by atoms with Crippen molar-refractivity contribution in [3.05, 3.63) is 64.7 Å². The Balaban J connectivity index is 2.31. The molecule has 1 N–H and O–H groups in total. The number of nitrogens with one attached hydrogen (secondary N) is 1. The Bertz CT molecular complexity index is 732. The van der Waals surface area contributed by atoms with Crippen molar-refractivity contribution < 1.29 is 22.0 Å². The molecule has 0 radical (unpaired) electrons. The summed E-state index contributed by atoms with van der Waals surface area (Å²) in [5.74, 6) is -1.78. The van der Waals surface area contributed by atoms with Crippen LogP contribution >= 0.6 is 0 Å². The summed E-state index contributed by atoms with van der Waals surface area (Å²) in [6.07, 6.45) is -4.71. The lowest BCUT2D eigenvalue weighted by atomic mass is 10.1. The Morgan fingerprint density at radius 1 is 1.09 bits per heavy atom. The van der Waals surface area contributed by atoms with Gasteiger partial charge in [-0.3, -0.25) is 0 Å². The number of halogens is 5. The average Bonchev–Trinajstić information content (AvgIpc) is 2.45. The van der Waals surface area contributed by atoms with E-state index >= 15 is 0 Å². The Hall–Kier alpha value is -2.62. The normalized spacial score (nSPS) is 11.1. The zero-order chi connectivity index (χ0) is 16.3. The summed E-state index contributed by atoms with van der Waals surface area (Å²) in [5, 5.41) is 11.4. The molecule has 0 heterocycles. The summed E-state index contributed by atoms with van der Waals surface area (Å²) >= 11 is 0. The largest absolute Gasteiger partial charge is 0.416 e. The molecule has 0 aliphatic rings. The lowest BCUT2D eigenvalue weighted by Crippen LogP contribution is -2.13. The number of hydrogen-bond donors (Lipinski definition) is 1. The maximum Gasteiger partial charge on any atom is 0.416 e. The maximum absolute atomic E-state index is 13.4. The van der Waals surface area contributed by atoms with E-state index in [9.17, 15) is 22.0 Å². The Kier molecular flexibility index (Phi) is 4.31. The fourth-order valence-electron chi connectivity index (χ4n) is 1.94. The molecule has 0 fully saturated rings. The highest BCUT2D eigenvalue weighted by Crippen LogP contribution is 2.33. The van der Waals surface area contributed by atoms with Crippen molar-refractivity contribution in [1.82, 2.24) is 0 Å². The number of nitriles is 1. The number of hydrogen-bond acceptors (Lipinski definition) is 2. The van der Waals surface area contributed by atoms with E-state index in [1.807, 2.05) is 0 Å². The molecular formula is C15H9F5N2. The zero-order valence-electron chi connectivity index (χ0n) is 11.0. The van der Waals surface area contributed by atoms with Gasteiger partial charge in [0.15, 0.2) is 0 Å². The van der Waals surface area contributed by atoms with E-state index in [1.165, 1.54) is 12.1 Å². The first-order chi connectivity index (χ1) is 10.3. The van der Waals surface area contributed by atoms with Crippen LogP contribution in [-0.2, 0) is 12.7 Å². The molecule has 0 spiro atoms. The van der Waals surface area contributed by atoms with Crippen LogP contribution in [0.5, 0.6) is 0 Å². The minimum atomic E-state index is -4.71. The second-order valence-electron chi connectivity index (χ2n) is 4.43. The van der Waals surface area contributed by atoms with Gasteiger partial charge in [0.25, 0.3) is 0 Å². The van der Waals surface area contributed by atoms with Crippen molar-refractivity contribution in [2.45, 2.75) is 12.7 Å². The molecule has 2 aromatic carbocycles. The van der Waals surface area contributed by atoms with E-state index in [4.69, 9.17) is 5.26 Å². The predicted octanol–water partition coefficient (Wildman–Crippen LogP) is 4.47. The highest BCUT2D eigenvalue weighted by atomic mass is 19.4. The lowest BCUT2D eigenvalue weighted by Gasteiger charge is -2.14. The fraction of sp³-hybridized carbons (Fsp3) is 0.133. The Labute approximate surface area is 122 Å². The van der Waals surface area contributed by atoms with E-state index in [0.717, 1.165) is 18.2 Å². The van der Waals surface area contributed by atoms with Gasteiger partial charge < -0.3 is 5.32 Å². The van der Waals surface area contributed by atoms with Crippen LogP contribution in [0.1, 0.15) is 16.7 Å².